The molecule has 5 heteroatoms. The fourth-order valence-corrected chi connectivity index (χ4v) is 1.75. The Balaban J connectivity index is 2.55. The maximum Gasteiger partial charge on any atom is 0.181 e. The molecule has 15 heavy (non-hydrogen) atoms. The first-order valence-corrected chi connectivity index (χ1v) is 5.11. The summed E-state index contributed by atoms with van der Waals surface area (Å²) in [6.45, 7) is 0. The number of hydrogen-bond acceptors (Lipinski definition) is 2. The molecule has 2 rings (SSSR count). The smallest absolute Gasteiger partial charge is 0.181 e. The first kappa shape index (κ1) is 10.3. The van der Waals surface area contributed by atoms with Crippen molar-refractivity contribution in [3.8, 4) is 11.4 Å². The molecular weight excluding hydrogens is 232 g/mol. The first-order chi connectivity index (χ1) is 7.22. The van der Waals surface area contributed by atoms with Crippen molar-refractivity contribution in [3.05, 3.63) is 40.4 Å². The zero-order valence-electron chi connectivity index (χ0n) is 8.03. The number of ether oxygens (including phenoxy) is 1. The number of rotatable bonds is 2. The molecule has 0 saturated heterocycles. The zero-order valence-corrected chi connectivity index (χ0v) is 9.60. The lowest BCUT2D eigenvalue weighted by atomic mass is 10.3. The quantitative estimate of drug-likeness (QED) is 0.817. The van der Waals surface area contributed by atoms with Crippen molar-refractivity contribution in [1.82, 2.24) is 9.55 Å². The molecule has 0 fully saturated rings. The molecule has 1 heterocycles. The van der Waals surface area contributed by atoms with Crippen LogP contribution < -0.4 is 4.74 Å². The molecule has 0 aliphatic rings. The summed E-state index contributed by atoms with van der Waals surface area (Å²) in [6.07, 6.45) is 3.63. The summed E-state index contributed by atoms with van der Waals surface area (Å²) < 4.78 is 7.61. The number of aromatic amines is 1. The van der Waals surface area contributed by atoms with Crippen molar-refractivity contribution in [2.45, 2.75) is 0 Å². The number of imidazole rings is 1. The minimum Gasteiger partial charge on any atom is -0.495 e. The summed E-state index contributed by atoms with van der Waals surface area (Å²) in [5.41, 5.74) is 0.919. The molecule has 0 saturated carbocycles. The van der Waals surface area contributed by atoms with Gasteiger partial charge in [0.1, 0.15) is 5.75 Å². The third kappa shape index (κ3) is 1.91. The molecule has 1 aromatic carbocycles. The Hall–Kier alpha value is -1.26. The van der Waals surface area contributed by atoms with E-state index in [1.54, 1.807) is 19.4 Å². The Morgan fingerprint density at radius 2 is 2.27 bits per heavy atom. The number of nitrogens with one attached hydrogen (secondary N) is 1. The first-order valence-electron chi connectivity index (χ1n) is 4.32. The molecule has 3 nitrogen and oxygen atoms in total. The Bertz CT molecular complexity index is 532. The van der Waals surface area contributed by atoms with Gasteiger partial charge in [-0.05, 0) is 24.4 Å². The van der Waals surface area contributed by atoms with Gasteiger partial charge in [-0.25, -0.2) is 0 Å². The lowest BCUT2D eigenvalue weighted by Gasteiger charge is -2.06. The number of methoxy groups -OCH3 is 1. The van der Waals surface area contributed by atoms with Crippen LogP contribution >= 0.6 is 23.8 Å². The van der Waals surface area contributed by atoms with E-state index in [-0.39, 0.29) is 0 Å². The van der Waals surface area contributed by atoms with Crippen LogP contribution in [0.3, 0.4) is 0 Å². The van der Waals surface area contributed by atoms with Crippen LogP contribution in [0.4, 0.5) is 0 Å². The second-order valence-electron chi connectivity index (χ2n) is 2.95. The van der Waals surface area contributed by atoms with Crippen LogP contribution in [0.1, 0.15) is 0 Å². The van der Waals surface area contributed by atoms with E-state index in [9.17, 15) is 0 Å². The highest BCUT2D eigenvalue weighted by Gasteiger charge is 2.03. The van der Waals surface area contributed by atoms with Crippen molar-refractivity contribution in [2.75, 3.05) is 7.11 Å². The third-order valence-electron chi connectivity index (χ3n) is 2.06. The van der Waals surface area contributed by atoms with Gasteiger partial charge in [-0.1, -0.05) is 11.6 Å². The van der Waals surface area contributed by atoms with Crippen LogP contribution in [0.15, 0.2) is 30.6 Å². The van der Waals surface area contributed by atoms with E-state index in [0.29, 0.717) is 15.5 Å². The zero-order chi connectivity index (χ0) is 10.8. The monoisotopic (exact) mass is 240 g/mol. The summed E-state index contributed by atoms with van der Waals surface area (Å²) in [6, 6.07) is 5.50. The number of aromatic nitrogens is 2. The highest BCUT2D eigenvalue weighted by Crippen LogP contribution is 2.26. The number of H-pyrrole nitrogens is 1. The number of benzene rings is 1. The molecule has 0 bridgehead atoms. The summed E-state index contributed by atoms with van der Waals surface area (Å²) >= 11 is 11.0. The van der Waals surface area contributed by atoms with Crippen molar-refractivity contribution in [2.24, 2.45) is 0 Å². The van der Waals surface area contributed by atoms with E-state index in [4.69, 9.17) is 28.6 Å². The van der Waals surface area contributed by atoms with Crippen molar-refractivity contribution in [3.63, 3.8) is 0 Å². The lowest BCUT2D eigenvalue weighted by molar-refractivity contribution is 0.415. The maximum atomic E-state index is 5.93. The predicted octanol–water partition coefficient (Wildman–Crippen LogP) is 3.20. The molecule has 0 radical (unpaired) electrons. The Labute approximate surface area is 97.3 Å². The summed E-state index contributed by atoms with van der Waals surface area (Å²) in [5, 5.41) is 0.586. The van der Waals surface area contributed by atoms with Crippen LogP contribution in [0.2, 0.25) is 5.02 Å². The van der Waals surface area contributed by atoms with Crippen LogP contribution in [0.5, 0.6) is 5.75 Å². The Morgan fingerprint density at radius 1 is 1.47 bits per heavy atom. The van der Waals surface area contributed by atoms with E-state index >= 15 is 0 Å². The lowest BCUT2D eigenvalue weighted by Crippen LogP contribution is -1.93. The average molecular weight is 241 g/mol. The van der Waals surface area contributed by atoms with Gasteiger partial charge in [-0.3, -0.25) is 4.57 Å². The molecular formula is C10H9ClN2OS. The van der Waals surface area contributed by atoms with E-state index in [2.05, 4.69) is 4.98 Å². The van der Waals surface area contributed by atoms with Crippen LogP contribution in [-0.2, 0) is 0 Å². The summed E-state index contributed by atoms with van der Waals surface area (Å²) in [5.74, 6) is 0.636. The normalized spacial score (nSPS) is 10.3. The largest absolute Gasteiger partial charge is 0.495 e. The predicted molar refractivity (Wildman–Crippen MR) is 62.5 cm³/mol. The van der Waals surface area contributed by atoms with Crippen LogP contribution in [0.25, 0.3) is 5.69 Å². The van der Waals surface area contributed by atoms with Gasteiger partial charge in [0.15, 0.2) is 4.77 Å². The second kappa shape index (κ2) is 4.08. The standard InChI is InChI=1S/C10H9ClN2OS/c1-14-9-6-7(2-3-8(9)11)13-5-4-12-10(13)15/h2-6H,1H3,(H,12,15). The van der Waals surface area contributed by atoms with E-state index in [1.165, 1.54) is 0 Å². The van der Waals surface area contributed by atoms with Crippen molar-refractivity contribution in [1.29, 1.82) is 0 Å². The van der Waals surface area contributed by atoms with Gasteiger partial charge in [-0.2, -0.15) is 0 Å². The molecule has 0 aliphatic heterocycles. The Kier molecular flexibility index (Phi) is 2.79. The van der Waals surface area contributed by atoms with Gasteiger partial charge in [0.05, 0.1) is 17.8 Å². The minimum absolute atomic E-state index is 0.586. The topological polar surface area (TPSA) is 29.9 Å². The number of nitrogens with zero attached hydrogens (tertiary/aromatic N) is 1. The molecule has 0 aliphatic carbocycles. The molecule has 1 N–H and O–H groups in total. The molecule has 0 amide bonds. The van der Waals surface area contributed by atoms with Crippen molar-refractivity contribution < 1.29 is 4.74 Å². The third-order valence-corrected chi connectivity index (χ3v) is 2.69. The summed E-state index contributed by atoms with van der Waals surface area (Å²) in [4.78, 5) is 2.92. The van der Waals surface area contributed by atoms with Crippen LogP contribution in [0, 0.1) is 4.77 Å². The van der Waals surface area contributed by atoms with Crippen LogP contribution in [-0.4, -0.2) is 16.7 Å². The fourth-order valence-electron chi connectivity index (χ4n) is 1.32. The minimum atomic E-state index is 0.586. The highest BCUT2D eigenvalue weighted by molar-refractivity contribution is 7.71. The second-order valence-corrected chi connectivity index (χ2v) is 3.75. The number of halogens is 1. The highest BCUT2D eigenvalue weighted by atomic mass is 35.5. The van der Waals surface area contributed by atoms with E-state index in [1.807, 2.05) is 22.9 Å². The Morgan fingerprint density at radius 3 is 2.87 bits per heavy atom. The molecule has 2 aromatic rings. The van der Waals surface area contributed by atoms with E-state index < -0.39 is 0 Å². The maximum absolute atomic E-state index is 5.93. The molecule has 78 valence electrons. The SMILES string of the molecule is COc1cc(-n2cc[nH]c2=S)ccc1Cl. The van der Waals surface area contributed by atoms with Gasteiger partial charge < -0.3 is 9.72 Å². The molecule has 0 spiro atoms. The van der Waals surface area contributed by atoms with Gasteiger partial charge >= 0.3 is 0 Å². The van der Waals surface area contributed by atoms with Gasteiger partial charge in [-0.15, -0.1) is 0 Å². The van der Waals surface area contributed by atoms with Gasteiger partial charge in [0.2, 0.25) is 0 Å². The molecule has 0 unspecified atom stereocenters. The molecule has 1 aromatic heterocycles. The van der Waals surface area contributed by atoms with Gasteiger partial charge in [0, 0.05) is 18.5 Å². The fraction of sp³-hybridized carbons (Fsp3) is 0.100. The van der Waals surface area contributed by atoms with Gasteiger partial charge in [0.25, 0.3) is 0 Å². The number of hydrogen-bond donors (Lipinski definition) is 1. The molecule has 0 atom stereocenters. The summed E-state index contributed by atoms with van der Waals surface area (Å²) in [7, 11) is 1.58. The van der Waals surface area contributed by atoms with E-state index in [0.717, 1.165) is 5.69 Å². The van der Waals surface area contributed by atoms with Crippen molar-refractivity contribution >= 4 is 23.8 Å². The average Bonchev–Trinajstić information content (AvgIpc) is 2.65.